The molecule has 1 spiro atoms. The molecule has 18 atom stereocenters. The molecule has 0 aromatic heterocycles. The number of fused-ring (bicyclic) bond motifs is 18. The van der Waals surface area contributed by atoms with Crippen LogP contribution in [0.5, 0.6) is 0 Å². The molecule has 1 saturated carbocycles. The molecule has 20 saturated heterocycles. The molecule has 1 N–H and O–H groups in total. The Bertz CT molecular complexity index is 3620. The van der Waals surface area contributed by atoms with Gasteiger partial charge in [0.1, 0.15) is 0 Å². The van der Waals surface area contributed by atoms with Crippen molar-refractivity contribution in [2.45, 2.75) is 478 Å². The number of piperidine rings is 9. The Hall–Kier alpha value is -1.22. The lowest BCUT2D eigenvalue weighted by Crippen LogP contribution is -2.65. The number of rotatable bonds is 5. The van der Waals surface area contributed by atoms with Gasteiger partial charge >= 0.3 is 0 Å². The van der Waals surface area contributed by atoms with Crippen molar-refractivity contribution in [2.24, 2.45) is 57.7 Å². The number of aliphatic hydroxyl groups excluding tert-OH is 1. The number of allylic oxidation sites excluding steroid dienone is 1. The topological polar surface area (TPSA) is 81.8 Å². The molecule has 0 radical (unpaired) electrons. The first-order valence-electron chi connectivity index (χ1n) is 59.0. The second-order valence-electron chi connectivity index (χ2n) is 61.9. The second-order valence-corrected chi connectivity index (χ2v) is 61.9. The lowest BCUT2D eigenvalue weighted by atomic mass is 9.71. The minimum atomic E-state index is 0.271. The highest BCUT2D eigenvalue weighted by atomic mass is 16.3. The third-order valence-corrected chi connectivity index (χ3v) is 38.8. The van der Waals surface area contributed by atoms with Crippen LogP contribution in [0, 0.1) is 57.7 Å². The van der Waals surface area contributed by atoms with Crippen LogP contribution in [0.25, 0.3) is 0 Å². The van der Waals surface area contributed by atoms with E-state index in [1.165, 1.54) is 285 Å². The van der Waals surface area contributed by atoms with Gasteiger partial charge in [-0.15, -0.1) is 0 Å². The first-order chi connectivity index (χ1) is 64.9. The van der Waals surface area contributed by atoms with Crippen molar-refractivity contribution in [1.29, 1.82) is 0 Å². The van der Waals surface area contributed by atoms with E-state index >= 15 is 0 Å². The van der Waals surface area contributed by atoms with Gasteiger partial charge in [0, 0.05) is 266 Å². The van der Waals surface area contributed by atoms with Gasteiger partial charge in [-0.25, -0.2) is 0 Å². The van der Waals surface area contributed by atoms with E-state index in [1.54, 1.807) is 0 Å². The molecule has 20 nitrogen and oxygen atoms in total. The van der Waals surface area contributed by atoms with E-state index in [4.69, 9.17) is 0 Å². The Morgan fingerprint density at radius 1 is 0.298 bits per heavy atom. The first kappa shape index (κ1) is 120. The average Bonchev–Trinajstić information content (AvgIpc) is 1.60. The summed E-state index contributed by atoms with van der Waals surface area (Å²) in [7, 11) is 24.9. The minimum absolute atomic E-state index is 0.271. The van der Waals surface area contributed by atoms with Crippen LogP contribution in [0.15, 0.2) is 12.3 Å². The molecule has 20 heteroatoms. The first-order valence-corrected chi connectivity index (χ1v) is 59.0. The zero-order chi connectivity index (χ0) is 105. The quantitative estimate of drug-likeness (QED) is 0.265. The van der Waals surface area contributed by atoms with Crippen molar-refractivity contribution in [3.05, 3.63) is 12.3 Å². The molecular weight excluding hydrogens is 1740 g/mol. The molecule has 16 bridgehead atoms. The van der Waals surface area contributed by atoms with Gasteiger partial charge < -0.3 is 54.1 Å². The predicted molar refractivity (Wildman–Crippen MR) is 607 cm³/mol. The summed E-state index contributed by atoms with van der Waals surface area (Å²) in [5.41, 5.74) is 4.43. The zero-order valence-corrected chi connectivity index (χ0v) is 101. The van der Waals surface area contributed by atoms with E-state index in [0.717, 1.165) is 121 Å². The summed E-state index contributed by atoms with van der Waals surface area (Å²) in [6, 6.07) is 11.3. The fraction of sp³-hybridized carbons (Fsp3) is 0.983. The Morgan fingerprint density at radius 2 is 0.645 bits per heavy atom. The number of hydrogen-bond donors (Lipinski definition) is 1. The lowest BCUT2D eigenvalue weighted by molar-refractivity contribution is -0.0531. The van der Waals surface area contributed by atoms with Gasteiger partial charge in [0.2, 0.25) is 0 Å². The summed E-state index contributed by atoms with van der Waals surface area (Å²) in [6.07, 6.45) is 30.4. The lowest BCUT2D eigenvalue weighted by Gasteiger charge is -2.55. The normalized spacial score (nSPS) is 35.8. The maximum atomic E-state index is 9.52. The molecule has 0 aromatic carbocycles. The third-order valence-electron chi connectivity index (χ3n) is 38.8. The Kier molecular flexibility index (Phi) is 41.0. The van der Waals surface area contributed by atoms with Crippen molar-refractivity contribution >= 4 is 0 Å². The summed E-state index contributed by atoms with van der Waals surface area (Å²) in [5, 5.41) is 9.52. The zero-order valence-electron chi connectivity index (χ0n) is 101. The summed E-state index contributed by atoms with van der Waals surface area (Å²) in [4.78, 5) is 49.4. The van der Waals surface area contributed by atoms with Crippen LogP contribution in [0.2, 0.25) is 0 Å². The van der Waals surface area contributed by atoms with Gasteiger partial charge in [-0.1, -0.05) is 48.1 Å². The summed E-state index contributed by atoms with van der Waals surface area (Å²) < 4.78 is 0. The highest BCUT2D eigenvalue weighted by molar-refractivity contribution is 5.10. The van der Waals surface area contributed by atoms with Gasteiger partial charge in [0.15, 0.2) is 0 Å². The number of piperazine rings is 4. The number of aliphatic hydroxyl groups is 1. The van der Waals surface area contributed by atoms with Crippen molar-refractivity contribution < 1.29 is 5.11 Å². The summed E-state index contributed by atoms with van der Waals surface area (Å²) in [6.45, 7) is 105. The van der Waals surface area contributed by atoms with E-state index < -0.39 is 0 Å². The van der Waals surface area contributed by atoms with Crippen LogP contribution >= 0.6 is 0 Å². The standard InChI is InChI=1S/C15H30N2.3C13H26N2.C13H23NO.4C11H22N2.C10H20N2/c1-14(2,3)13-17-11-7-15(8-12-17)5-9-16(4)10-6-15;1-13(2,3)10-15-8-11-5-12(9-15)7-14(4)6-11;1-13(2,3)15(5)12-10-6-7-11(12)9-14(4)8-10;1-13(2,3)15-10-6-7-11(15)9-12(8-10)14(4)5;1-9(15)10-7-11-5-6-12(8-10)14(11)13(2,3)4;1-11(2,3)13-7-9-5-12(4)6-10(9)8-13;1-11(2,3)13-8-9-5-6-10(13)7-12(9)4;1-11(2,3)13-7-9-5-6-10(8-13)12(9)4;1-11(2,3)13-9-5-6-10(13)8-12(4)7-9;1-10(2,3)12-7-8-5-9(12)6-11(8)4/h5-13H2,1-4H3;11-12H,5-10H2,1-4H3;2*10-12H,6-9H2,1-5H3;10-12,15H,1,5-8H2,2-4H3;4*9-10H,5-8H2,1-4H3;8-9H,5-7H2,1-4H3. The fourth-order valence-corrected chi connectivity index (χ4v) is 31.8. The van der Waals surface area contributed by atoms with Crippen molar-refractivity contribution in [2.75, 3.05) is 235 Å². The van der Waals surface area contributed by atoms with Gasteiger partial charge in [0.25, 0.3) is 0 Å². The molecule has 21 aliphatic rings. The van der Waals surface area contributed by atoms with Crippen molar-refractivity contribution in [3.63, 3.8) is 0 Å². The Balaban J connectivity index is 0.000000150. The van der Waals surface area contributed by atoms with Crippen LogP contribution in [0.4, 0.5) is 0 Å². The van der Waals surface area contributed by atoms with Crippen LogP contribution in [-0.2, 0) is 0 Å². The molecule has 20 aliphatic heterocycles. The minimum Gasteiger partial charge on any atom is -0.513 e. The number of likely N-dealkylation sites (N-methyl/N-ethyl adjacent to an activating group) is 4. The van der Waals surface area contributed by atoms with Crippen LogP contribution in [0.3, 0.4) is 0 Å². The monoisotopic (exact) mass is 1970 g/mol. The van der Waals surface area contributed by atoms with Gasteiger partial charge in [0.05, 0.1) is 5.76 Å². The number of hydrogen-bond acceptors (Lipinski definition) is 20. The molecule has 20 heterocycles. The average molecular weight is 1980 g/mol. The molecular formula is C121H239N19O. The van der Waals surface area contributed by atoms with Crippen LogP contribution in [0.1, 0.15) is 349 Å². The number of likely N-dealkylation sites (tertiary alicyclic amines) is 11. The highest BCUT2D eigenvalue weighted by Gasteiger charge is 2.53. The molecule has 0 aromatic rings. The largest absolute Gasteiger partial charge is 0.513 e. The molecule has 21 fully saturated rings. The molecule has 21 rings (SSSR count). The molecule has 1 aliphatic carbocycles. The third kappa shape index (κ3) is 33.4. The Morgan fingerprint density at radius 3 is 1.01 bits per heavy atom. The molecule has 141 heavy (non-hydrogen) atoms. The van der Waals surface area contributed by atoms with Crippen LogP contribution in [-0.4, -0.2) is 462 Å². The van der Waals surface area contributed by atoms with Crippen LogP contribution < -0.4 is 0 Å². The van der Waals surface area contributed by atoms with E-state index in [9.17, 15) is 5.11 Å². The predicted octanol–water partition coefficient (Wildman–Crippen LogP) is 19.4. The summed E-state index contributed by atoms with van der Waals surface area (Å²) >= 11 is 0. The number of nitrogens with zero attached hydrogens (tertiary/aromatic N) is 19. The molecule has 18 unspecified atom stereocenters. The van der Waals surface area contributed by atoms with Gasteiger partial charge in [-0.05, 0) is 463 Å². The second kappa shape index (κ2) is 48.2. The summed E-state index contributed by atoms with van der Waals surface area (Å²) in [5.74, 6) is 6.35. The Labute approximate surface area is 875 Å². The van der Waals surface area contributed by atoms with E-state index in [1.807, 2.05) is 0 Å². The highest BCUT2D eigenvalue weighted by Crippen LogP contribution is 2.49. The SMILES string of the molecule is C=C(O)C1CC2CCC(C1)N2C(C)(C)C.CN(C)C1CC2CCC(C1)N2C(C)(C)C.CN1C2CCC1CN(C(C)(C)C)C2.CN1CC2CC(C1)CN(CC(C)(C)C)C2.CN1CC2CC1CN2C(C)(C)C.CN1CC2CCC(C1)C2N(C)C(C)(C)C.CN1CC2CCC(C1)N2C(C)(C)C.CN1CC2CCC1CN2C(C)(C)C.CN1CC2CN(C(C)(C)C)CC2C1.CN1CCC2(CC1)CCN(CC(C)(C)C)CC2. The van der Waals surface area contributed by atoms with E-state index in [0.29, 0.717) is 78.8 Å². The van der Waals surface area contributed by atoms with Crippen molar-refractivity contribution in [3.8, 4) is 0 Å². The van der Waals surface area contributed by atoms with E-state index in [2.05, 4.69) is 385 Å². The molecule has 0 amide bonds. The maximum Gasteiger partial charge on any atom is 0.0883 e. The maximum absolute atomic E-state index is 9.52. The molecule has 824 valence electrons. The van der Waals surface area contributed by atoms with Gasteiger partial charge in [-0.2, -0.15) is 0 Å². The fourth-order valence-electron chi connectivity index (χ4n) is 31.8. The van der Waals surface area contributed by atoms with Gasteiger partial charge in [-0.3, -0.25) is 44.1 Å². The van der Waals surface area contributed by atoms with Crippen molar-refractivity contribution in [1.82, 2.24) is 93.1 Å². The van der Waals surface area contributed by atoms with E-state index in [-0.39, 0.29) is 5.54 Å². The smallest absolute Gasteiger partial charge is 0.0883 e.